The standard InChI is InChI=1S/C24H37N5O3/c1-27(20-8-3-2-4-9-20)11-6-10-23(30)29-12-5-7-19(18-29)21-17-22(26-25-21)24(31)28-13-15-32-16-14-28/h2-4,8-9,19,21-22,25-26H,5-7,10-18H2,1H3. The number of hydrogen-bond donors (Lipinski definition) is 2. The van der Waals surface area contributed by atoms with E-state index in [1.165, 1.54) is 5.69 Å². The largest absolute Gasteiger partial charge is 0.378 e. The molecule has 32 heavy (non-hydrogen) atoms. The first kappa shape index (κ1) is 23.0. The maximum Gasteiger partial charge on any atom is 0.241 e. The van der Waals surface area contributed by atoms with E-state index >= 15 is 0 Å². The van der Waals surface area contributed by atoms with Gasteiger partial charge in [-0.3, -0.25) is 15.0 Å². The number of nitrogens with one attached hydrogen (secondary N) is 2. The fraction of sp³-hybridized carbons (Fsp3) is 0.667. The Morgan fingerprint density at radius 1 is 1.09 bits per heavy atom. The number of ether oxygens (including phenoxy) is 1. The Bertz CT molecular complexity index is 755. The molecule has 3 unspecified atom stereocenters. The molecule has 0 radical (unpaired) electrons. The second kappa shape index (κ2) is 11.1. The van der Waals surface area contributed by atoms with Crippen LogP contribution in [0.5, 0.6) is 0 Å². The Kier molecular flexibility index (Phi) is 8.00. The van der Waals surface area contributed by atoms with E-state index in [4.69, 9.17) is 4.74 Å². The zero-order valence-electron chi connectivity index (χ0n) is 19.2. The van der Waals surface area contributed by atoms with Crippen molar-refractivity contribution in [3.05, 3.63) is 30.3 Å². The van der Waals surface area contributed by atoms with E-state index in [9.17, 15) is 9.59 Å². The van der Waals surface area contributed by atoms with E-state index in [0.717, 1.165) is 45.3 Å². The minimum Gasteiger partial charge on any atom is -0.378 e. The highest BCUT2D eigenvalue weighted by Gasteiger charge is 2.38. The smallest absolute Gasteiger partial charge is 0.241 e. The molecule has 3 heterocycles. The van der Waals surface area contributed by atoms with Crippen LogP contribution < -0.4 is 15.8 Å². The van der Waals surface area contributed by atoms with Gasteiger partial charge in [0.15, 0.2) is 0 Å². The number of piperidine rings is 1. The van der Waals surface area contributed by atoms with Crippen molar-refractivity contribution in [2.24, 2.45) is 5.92 Å². The molecule has 0 bridgehead atoms. The molecule has 4 rings (SSSR count). The van der Waals surface area contributed by atoms with Gasteiger partial charge in [0.25, 0.3) is 0 Å². The third-order valence-corrected chi connectivity index (χ3v) is 7.01. The summed E-state index contributed by atoms with van der Waals surface area (Å²) in [5.74, 6) is 0.798. The zero-order chi connectivity index (χ0) is 22.3. The van der Waals surface area contributed by atoms with E-state index in [1.807, 2.05) is 28.0 Å². The molecule has 3 aliphatic heterocycles. The number of hydrazine groups is 1. The first-order valence-corrected chi connectivity index (χ1v) is 12.0. The average molecular weight is 444 g/mol. The number of carbonyl (C=O) groups is 2. The molecule has 176 valence electrons. The number of morpholine rings is 1. The van der Waals surface area contributed by atoms with Crippen molar-refractivity contribution < 1.29 is 14.3 Å². The lowest BCUT2D eigenvalue weighted by Crippen LogP contribution is -2.50. The van der Waals surface area contributed by atoms with Gasteiger partial charge in [0.05, 0.1) is 13.2 Å². The second-order valence-electron chi connectivity index (χ2n) is 9.22. The predicted molar refractivity (Wildman–Crippen MR) is 124 cm³/mol. The monoisotopic (exact) mass is 443 g/mol. The summed E-state index contributed by atoms with van der Waals surface area (Å²) in [4.78, 5) is 31.8. The summed E-state index contributed by atoms with van der Waals surface area (Å²) in [5.41, 5.74) is 7.75. The SMILES string of the molecule is CN(CCCC(=O)N1CCCC(C2CC(C(=O)N3CCOCC3)NN2)C1)c1ccccc1. The van der Waals surface area contributed by atoms with Crippen molar-refractivity contribution in [2.75, 3.05) is 57.9 Å². The minimum atomic E-state index is -0.183. The van der Waals surface area contributed by atoms with Gasteiger partial charge in [-0.05, 0) is 43.7 Å². The van der Waals surface area contributed by atoms with E-state index in [0.29, 0.717) is 38.6 Å². The summed E-state index contributed by atoms with van der Waals surface area (Å²) < 4.78 is 5.36. The molecule has 8 nitrogen and oxygen atoms in total. The van der Waals surface area contributed by atoms with Gasteiger partial charge in [0, 0.05) is 57.9 Å². The van der Waals surface area contributed by atoms with Crippen molar-refractivity contribution in [1.82, 2.24) is 20.7 Å². The molecule has 3 atom stereocenters. The molecule has 2 N–H and O–H groups in total. The van der Waals surface area contributed by atoms with Gasteiger partial charge in [-0.15, -0.1) is 0 Å². The van der Waals surface area contributed by atoms with Crippen LogP contribution in [0.2, 0.25) is 0 Å². The predicted octanol–water partition coefficient (Wildman–Crippen LogP) is 1.24. The Labute approximate surface area is 191 Å². The van der Waals surface area contributed by atoms with Crippen LogP contribution in [0.15, 0.2) is 30.3 Å². The maximum atomic E-state index is 12.9. The van der Waals surface area contributed by atoms with Gasteiger partial charge in [-0.2, -0.15) is 0 Å². The Morgan fingerprint density at radius 2 is 1.88 bits per heavy atom. The second-order valence-corrected chi connectivity index (χ2v) is 9.22. The maximum absolute atomic E-state index is 12.9. The molecule has 1 aromatic rings. The number of hydrogen-bond acceptors (Lipinski definition) is 6. The van der Waals surface area contributed by atoms with Gasteiger partial charge < -0.3 is 19.4 Å². The number of likely N-dealkylation sites (tertiary alicyclic amines) is 1. The summed E-state index contributed by atoms with van der Waals surface area (Å²) in [6.07, 6.45) is 4.34. The molecule has 1 aromatic carbocycles. The van der Waals surface area contributed by atoms with E-state index < -0.39 is 0 Å². The van der Waals surface area contributed by atoms with Crippen LogP contribution in [-0.2, 0) is 14.3 Å². The number of anilines is 1. The molecule has 2 amide bonds. The van der Waals surface area contributed by atoms with Gasteiger partial charge in [0.2, 0.25) is 11.8 Å². The molecule has 3 fully saturated rings. The molecular weight excluding hydrogens is 406 g/mol. The van der Waals surface area contributed by atoms with Crippen molar-refractivity contribution in [2.45, 2.75) is 44.2 Å². The fourth-order valence-corrected chi connectivity index (χ4v) is 5.06. The van der Waals surface area contributed by atoms with E-state index in [-0.39, 0.29) is 23.9 Å². The molecule has 0 saturated carbocycles. The fourth-order valence-electron chi connectivity index (χ4n) is 5.06. The lowest BCUT2D eigenvalue weighted by atomic mass is 9.88. The van der Waals surface area contributed by atoms with Crippen LogP contribution in [0.25, 0.3) is 0 Å². The van der Waals surface area contributed by atoms with Gasteiger partial charge in [-0.25, -0.2) is 5.43 Å². The molecular formula is C24H37N5O3. The Hall–Kier alpha value is -2.16. The summed E-state index contributed by atoms with van der Waals surface area (Å²) >= 11 is 0. The van der Waals surface area contributed by atoms with E-state index in [2.05, 4.69) is 34.9 Å². The van der Waals surface area contributed by atoms with Crippen molar-refractivity contribution in [1.29, 1.82) is 0 Å². The first-order chi connectivity index (χ1) is 15.6. The third kappa shape index (κ3) is 5.79. The molecule has 3 aliphatic rings. The van der Waals surface area contributed by atoms with Crippen molar-refractivity contribution in [3.63, 3.8) is 0 Å². The van der Waals surface area contributed by atoms with Gasteiger partial charge in [0.1, 0.15) is 6.04 Å². The van der Waals surface area contributed by atoms with Crippen molar-refractivity contribution >= 4 is 17.5 Å². The lowest BCUT2D eigenvalue weighted by molar-refractivity contribution is -0.137. The topological polar surface area (TPSA) is 77.2 Å². The normalized spacial score (nSPS) is 26.2. The highest BCUT2D eigenvalue weighted by molar-refractivity contribution is 5.82. The molecule has 0 aromatic heterocycles. The highest BCUT2D eigenvalue weighted by Crippen LogP contribution is 2.25. The molecule has 8 heteroatoms. The lowest BCUT2D eigenvalue weighted by Gasteiger charge is -2.36. The number of benzene rings is 1. The van der Waals surface area contributed by atoms with Crippen LogP contribution in [0.3, 0.4) is 0 Å². The van der Waals surface area contributed by atoms with Crippen molar-refractivity contribution in [3.8, 4) is 0 Å². The molecule has 0 aliphatic carbocycles. The van der Waals surface area contributed by atoms with E-state index in [1.54, 1.807) is 0 Å². The number of para-hydroxylation sites is 1. The molecule has 3 saturated heterocycles. The van der Waals surface area contributed by atoms with Crippen LogP contribution in [0.4, 0.5) is 5.69 Å². The summed E-state index contributed by atoms with van der Waals surface area (Å²) in [7, 11) is 2.07. The number of nitrogens with zero attached hydrogens (tertiary/aromatic N) is 3. The summed E-state index contributed by atoms with van der Waals surface area (Å²) in [6.45, 7) is 5.09. The van der Waals surface area contributed by atoms with Gasteiger partial charge >= 0.3 is 0 Å². The number of rotatable bonds is 7. The average Bonchev–Trinajstić information content (AvgIpc) is 3.35. The minimum absolute atomic E-state index is 0.162. The quantitative estimate of drug-likeness (QED) is 0.660. The number of carbonyl (C=O) groups excluding carboxylic acids is 2. The van der Waals surface area contributed by atoms with Crippen LogP contribution in [0, 0.1) is 5.92 Å². The molecule has 0 spiro atoms. The summed E-state index contributed by atoms with van der Waals surface area (Å²) in [6, 6.07) is 10.3. The first-order valence-electron chi connectivity index (χ1n) is 12.0. The highest BCUT2D eigenvalue weighted by atomic mass is 16.5. The van der Waals surface area contributed by atoms with Gasteiger partial charge in [-0.1, -0.05) is 18.2 Å². The zero-order valence-corrected chi connectivity index (χ0v) is 19.2. The third-order valence-electron chi connectivity index (χ3n) is 7.01. The summed E-state index contributed by atoms with van der Waals surface area (Å²) in [5, 5.41) is 0. The van der Waals surface area contributed by atoms with Crippen LogP contribution in [0.1, 0.15) is 32.1 Å². The van der Waals surface area contributed by atoms with Crippen LogP contribution in [-0.4, -0.2) is 86.7 Å². The Morgan fingerprint density at radius 3 is 2.66 bits per heavy atom. The Balaban J connectivity index is 1.21. The van der Waals surface area contributed by atoms with Crippen LogP contribution >= 0.6 is 0 Å². The number of amides is 2.